The molecule has 1 rings (SSSR count). The quantitative estimate of drug-likeness (QED) is 0.770. The summed E-state index contributed by atoms with van der Waals surface area (Å²) < 4.78 is 10.8. The number of methoxy groups -OCH3 is 1. The van der Waals surface area contributed by atoms with Gasteiger partial charge in [0.2, 0.25) is 0 Å². The van der Waals surface area contributed by atoms with Crippen LogP contribution in [0.3, 0.4) is 0 Å². The summed E-state index contributed by atoms with van der Waals surface area (Å²) >= 11 is 0. The Bertz CT molecular complexity index is 299. The first-order valence-electron chi connectivity index (χ1n) is 5.62. The normalized spacial score (nSPS) is 12.4. The first kappa shape index (κ1) is 13.0. The lowest BCUT2D eigenvalue weighted by molar-refractivity contribution is 0.134. The van der Waals surface area contributed by atoms with Crippen LogP contribution in [0.5, 0.6) is 5.75 Å². The molecular weight excluding hydrogens is 204 g/mol. The predicted octanol–water partition coefficient (Wildman–Crippen LogP) is 2.03. The molecule has 1 unspecified atom stereocenters. The Balaban J connectivity index is 2.57. The lowest BCUT2D eigenvalue weighted by atomic mass is 10.1. The molecule has 1 N–H and O–H groups in total. The van der Waals surface area contributed by atoms with Crippen LogP contribution < -0.4 is 4.74 Å². The SMILES string of the molecule is COCCC(C)Oc1ccccc1CCO. The summed E-state index contributed by atoms with van der Waals surface area (Å²) in [4.78, 5) is 0. The van der Waals surface area contributed by atoms with E-state index in [2.05, 4.69) is 0 Å². The molecule has 0 saturated heterocycles. The van der Waals surface area contributed by atoms with Gasteiger partial charge in [0.1, 0.15) is 5.75 Å². The smallest absolute Gasteiger partial charge is 0.122 e. The Kier molecular flexibility index (Phi) is 5.90. The topological polar surface area (TPSA) is 38.7 Å². The van der Waals surface area contributed by atoms with E-state index in [0.29, 0.717) is 13.0 Å². The molecule has 0 aliphatic carbocycles. The maximum Gasteiger partial charge on any atom is 0.122 e. The van der Waals surface area contributed by atoms with Crippen molar-refractivity contribution in [1.82, 2.24) is 0 Å². The van der Waals surface area contributed by atoms with Gasteiger partial charge in [-0.2, -0.15) is 0 Å². The van der Waals surface area contributed by atoms with Gasteiger partial charge in [0, 0.05) is 26.7 Å². The van der Waals surface area contributed by atoms with E-state index in [1.165, 1.54) is 0 Å². The molecule has 0 aliphatic heterocycles. The van der Waals surface area contributed by atoms with Crippen LogP contribution in [0.25, 0.3) is 0 Å². The number of aliphatic hydroxyl groups excluding tert-OH is 1. The molecule has 3 nitrogen and oxygen atoms in total. The zero-order chi connectivity index (χ0) is 11.8. The largest absolute Gasteiger partial charge is 0.490 e. The predicted molar refractivity (Wildman–Crippen MR) is 63.8 cm³/mol. The second-order valence-electron chi connectivity index (χ2n) is 3.79. The summed E-state index contributed by atoms with van der Waals surface area (Å²) in [5.74, 6) is 0.861. The van der Waals surface area contributed by atoms with Gasteiger partial charge in [-0.15, -0.1) is 0 Å². The molecule has 0 radical (unpaired) electrons. The molecule has 0 fully saturated rings. The molecule has 0 spiro atoms. The van der Waals surface area contributed by atoms with E-state index in [1.54, 1.807) is 7.11 Å². The highest BCUT2D eigenvalue weighted by atomic mass is 16.5. The molecule has 16 heavy (non-hydrogen) atoms. The average molecular weight is 224 g/mol. The summed E-state index contributed by atoms with van der Waals surface area (Å²) in [6.45, 7) is 2.87. The Morgan fingerprint density at radius 3 is 2.75 bits per heavy atom. The molecule has 90 valence electrons. The van der Waals surface area contributed by atoms with Gasteiger partial charge in [-0.05, 0) is 25.0 Å². The summed E-state index contributed by atoms with van der Waals surface area (Å²) in [6.07, 6.45) is 1.62. The Morgan fingerprint density at radius 2 is 2.06 bits per heavy atom. The van der Waals surface area contributed by atoms with E-state index in [9.17, 15) is 0 Å². The average Bonchev–Trinajstić information content (AvgIpc) is 2.29. The third-order valence-electron chi connectivity index (χ3n) is 2.41. The van der Waals surface area contributed by atoms with Crippen molar-refractivity contribution >= 4 is 0 Å². The summed E-state index contributed by atoms with van der Waals surface area (Å²) in [7, 11) is 1.69. The number of para-hydroxylation sites is 1. The fraction of sp³-hybridized carbons (Fsp3) is 0.538. The van der Waals surface area contributed by atoms with Crippen molar-refractivity contribution < 1.29 is 14.6 Å². The van der Waals surface area contributed by atoms with Crippen LogP contribution in [0.15, 0.2) is 24.3 Å². The van der Waals surface area contributed by atoms with Gasteiger partial charge in [-0.1, -0.05) is 18.2 Å². The Hall–Kier alpha value is -1.06. The van der Waals surface area contributed by atoms with Gasteiger partial charge >= 0.3 is 0 Å². The molecule has 0 aromatic heterocycles. The minimum absolute atomic E-state index is 0.125. The first-order chi connectivity index (χ1) is 7.77. The van der Waals surface area contributed by atoms with E-state index in [4.69, 9.17) is 14.6 Å². The van der Waals surface area contributed by atoms with E-state index < -0.39 is 0 Å². The lowest BCUT2D eigenvalue weighted by Gasteiger charge is -2.16. The minimum atomic E-state index is 0.125. The van der Waals surface area contributed by atoms with Crippen LogP contribution >= 0.6 is 0 Å². The highest BCUT2D eigenvalue weighted by Gasteiger charge is 2.07. The molecular formula is C13H20O3. The highest BCUT2D eigenvalue weighted by Crippen LogP contribution is 2.20. The fourth-order valence-corrected chi connectivity index (χ4v) is 1.51. The van der Waals surface area contributed by atoms with E-state index >= 15 is 0 Å². The summed E-state index contributed by atoms with van der Waals surface area (Å²) in [5.41, 5.74) is 1.05. The molecule has 0 saturated carbocycles. The zero-order valence-corrected chi connectivity index (χ0v) is 9.98. The molecule has 0 aliphatic rings. The van der Waals surface area contributed by atoms with E-state index in [0.717, 1.165) is 17.7 Å². The van der Waals surface area contributed by atoms with Gasteiger partial charge in [0.25, 0.3) is 0 Å². The van der Waals surface area contributed by atoms with Gasteiger partial charge in [-0.25, -0.2) is 0 Å². The van der Waals surface area contributed by atoms with Crippen molar-refractivity contribution in [2.75, 3.05) is 20.3 Å². The molecule has 0 heterocycles. The fourth-order valence-electron chi connectivity index (χ4n) is 1.51. The van der Waals surface area contributed by atoms with Crippen LogP contribution in [0.1, 0.15) is 18.9 Å². The number of ether oxygens (including phenoxy) is 2. The maximum absolute atomic E-state index is 8.94. The third-order valence-corrected chi connectivity index (χ3v) is 2.41. The standard InChI is InChI=1S/C13H20O3/c1-11(8-10-15-2)16-13-6-4-3-5-12(13)7-9-14/h3-6,11,14H,7-10H2,1-2H3. The summed E-state index contributed by atoms with van der Waals surface area (Å²) in [5, 5.41) is 8.94. The van der Waals surface area contributed by atoms with Crippen LogP contribution in [-0.2, 0) is 11.2 Å². The Morgan fingerprint density at radius 1 is 1.31 bits per heavy atom. The van der Waals surface area contributed by atoms with Crippen molar-refractivity contribution in [2.45, 2.75) is 25.9 Å². The number of hydrogen-bond donors (Lipinski definition) is 1. The van der Waals surface area contributed by atoms with Gasteiger partial charge < -0.3 is 14.6 Å². The number of hydrogen-bond acceptors (Lipinski definition) is 3. The number of benzene rings is 1. The van der Waals surface area contributed by atoms with Crippen molar-refractivity contribution in [3.05, 3.63) is 29.8 Å². The maximum atomic E-state index is 8.94. The van der Waals surface area contributed by atoms with E-state index in [-0.39, 0.29) is 12.7 Å². The Labute approximate surface area is 97.0 Å². The van der Waals surface area contributed by atoms with Crippen molar-refractivity contribution in [3.63, 3.8) is 0 Å². The monoisotopic (exact) mass is 224 g/mol. The summed E-state index contributed by atoms with van der Waals surface area (Å²) in [6, 6.07) is 7.82. The van der Waals surface area contributed by atoms with Crippen molar-refractivity contribution in [2.24, 2.45) is 0 Å². The van der Waals surface area contributed by atoms with Crippen LogP contribution in [0.2, 0.25) is 0 Å². The minimum Gasteiger partial charge on any atom is -0.490 e. The number of rotatable bonds is 7. The second kappa shape index (κ2) is 7.25. The van der Waals surface area contributed by atoms with Crippen molar-refractivity contribution in [3.8, 4) is 5.75 Å². The molecule has 3 heteroatoms. The molecule has 1 atom stereocenters. The van der Waals surface area contributed by atoms with E-state index in [1.807, 2.05) is 31.2 Å². The first-order valence-corrected chi connectivity index (χ1v) is 5.62. The highest BCUT2D eigenvalue weighted by molar-refractivity contribution is 5.33. The molecule has 0 bridgehead atoms. The third kappa shape index (κ3) is 4.21. The van der Waals surface area contributed by atoms with Gasteiger partial charge in [-0.3, -0.25) is 0 Å². The van der Waals surface area contributed by atoms with Crippen LogP contribution in [0, 0.1) is 0 Å². The molecule has 1 aromatic rings. The van der Waals surface area contributed by atoms with Crippen molar-refractivity contribution in [1.29, 1.82) is 0 Å². The second-order valence-corrected chi connectivity index (χ2v) is 3.79. The molecule has 0 amide bonds. The van der Waals surface area contributed by atoms with Gasteiger partial charge in [0.15, 0.2) is 0 Å². The van der Waals surface area contributed by atoms with Gasteiger partial charge in [0.05, 0.1) is 6.10 Å². The molecule has 1 aromatic carbocycles. The van der Waals surface area contributed by atoms with Crippen LogP contribution in [-0.4, -0.2) is 31.5 Å². The van der Waals surface area contributed by atoms with Crippen LogP contribution in [0.4, 0.5) is 0 Å². The lowest BCUT2D eigenvalue weighted by Crippen LogP contribution is -2.15. The zero-order valence-electron chi connectivity index (χ0n) is 9.98. The number of aliphatic hydroxyl groups is 1.